The number of halogens is 1. The van der Waals surface area contributed by atoms with Gasteiger partial charge in [0.05, 0.1) is 19.1 Å². The standard InChI is InChI=1S/C18H18BrNO3S/c1-23-18(22)16-13-4-2-3-5-14(13)24-17(16)20-15(21)10-11-6-8-12(19)9-7-11/h6-9H,2-5,10H2,1H3,(H,20,21). The summed E-state index contributed by atoms with van der Waals surface area (Å²) < 4.78 is 5.90. The number of nitrogens with one attached hydrogen (secondary N) is 1. The van der Waals surface area contributed by atoms with Crippen LogP contribution in [0.4, 0.5) is 5.00 Å². The van der Waals surface area contributed by atoms with Crippen molar-refractivity contribution in [2.75, 3.05) is 12.4 Å². The van der Waals surface area contributed by atoms with Gasteiger partial charge in [0.1, 0.15) is 5.00 Å². The first-order valence-corrected chi connectivity index (χ1v) is 9.46. The predicted molar refractivity (Wildman–Crippen MR) is 98.8 cm³/mol. The molecular weight excluding hydrogens is 390 g/mol. The van der Waals surface area contributed by atoms with Crippen LogP contribution in [0.3, 0.4) is 0 Å². The van der Waals surface area contributed by atoms with Crippen LogP contribution in [0.25, 0.3) is 0 Å². The van der Waals surface area contributed by atoms with Crippen molar-refractivity contribution in [3.63, 3.8) is 0 Å². The summed E-state index contributed by atoms with van der Waals surface area (Å²) in [6.45, 7) is 0. The predicted octanol–water partition coefficient (Wildman–Crippen LogP) is 4.36. The first kappa shape index (κ1) is 17.2. The van der Waals surface area contributed by atoms with Gasteiger partial charge in [0, 0.05) is 9.35 Å². The molecule has 3 rings (SSSR count). The van der Waals surface area contributed by atoms with E-state index >= 15 is 0 Å². The maximum absolute atomic E-state index is 12.4. The third kappa shape index (κ3) is 3.70. The van der Waals surface area contributed by atoms with Gasteiger partial charge in [0.25, 0.3) is 0 Å². The number of thiophene rings is 1. The highest BCUT2D eigenvalue weighted by Crippen LogP contribution is 2.38. The lowest BCUT2D eigenvalue weighted by Gasteiger charge is -2.11. The summed E-state index contributed by atoms with van der Waals surface area (Å²) in [6.07, 6.45) is 4.31. The van der Waals surface area contributed by atoms with Gasteiger partial charge in [-0.25, -0.2) is 4.79 Å². The fourth-order valence-corrected chi connectivity index (χ4v) is 4.49. The average Bonchev–Trinajstić information content (AvgIpc) is 2.94. The first-order valence-electron chi connectivity index (χ1n) is 7.85. The largest absolute Gasteiger partial charge is 0.465 e. The molecule has 0 atom stereocenters. The number of carbonyl (C=O) groups is 2. The monoisotopic (exact) mass is 407 g/mol. The van der Waals surface area contributed by atoms with E-state index in [1.165, 1.54) is 23.3 Å². The van der Waals surface area contributed by atoms with Gasteiger partial charge in [-0.15, -0.1) is 11.3 Å². The second-order valence-corrected chi connectivity index (χ2v) is 7.78. The van der Waals surface area contributed by atoms with Crippen LogP contribution in [0.1, 0.15) is 39.2 Å². The lowest BCUT2D eigenvalue weighted by molar-refractivity contribution is -0.115. The van der Waals surface area contributed by atoms with E-state index in [-0.39, 0.29) is 18.3 Å². The molecule has 0 saturated heterocycles. The third-order valence-corrected chi connectivity index (χ3v) is 5.83. The zero-order chi connectivity index (χ0) is 17.1. The SMILES string of the molecule is COC(=O)c1c(NC(=O)Cc2ccc(Br)cc2)sc2c1CCCC2. The van der Waals surface area contributed by atoms with Crippen molar-refractivity contribution < 1.29 is 14.3 Å². The minimum atomic E-state index is -0.367. The molecule has 1 N–H and O–H groups in total. The Balaban J connectivity index is 1.81. The van der Waals surface area contributed by atoms with Crippen LogP contribution in [0.2, 0.25) is 0 Å². The second kappa shape index (κ2) is 7.49. The van der Waals surface area contributed by atoms with Crippen LogP contribution in [-0.2, 0) is 28.8 Å². The number of ether oxygens (including phenoxy) is 1. The zero-order valence-electron chi connectivity index (χ0n) is 13.4. The fourth-order valence-electron chi connectivity index (χ4n) is 2.93. The number of rotatable bonds is 4. The highest BCUT2D eigenvalue weighted by Gasteiger charge is 2.26. The molecule has 1 aromatic heterocycles. The molecule has 1 aliphatic carbocycles. The molecule has 0 spiro atoms. The highest BCUT2D eigenvalue weighted by atomic mass is 79.9. The molecule has 0 aliphatic heterocycles. The maximum Gasteiger partial charge on any atom is 0.341 e. The molecule has 1 aliphatic rings. The Labute approximate surface area is 153 Å². The Kier molecular flexibility index (Phi) is 5.36. The van der Waals surface area contributed by atoms with Gasteiger partial charge < -0.3 is 10.1 Å². The first-order chi connectivity index (χ1) is 11.6. The van der Waals surface area contributed by atoms with Crippen molar-refractivity contribution in [3.8, 4) is 0 Å². The van der Waals surface area contributed by atoms with E-state index in [4.69, 9.17) is 4.74 Å². The molecule has 4 nitrogen and oxygen atoms in total. The van der Waals surface area contributed by atoms with E-state index in [1.807, 2.05) is 24.3 Å². The van der Waals surface area contributed by atoms with Crippen LogP contribution >= 0.6 is 27.3 Å². The summed E-state index contributed by atoms with van der Waals surface area (Å²) in [4.78, 5) is 25.7. The Hall–Kier alpha value is -1.66. The van der Waals surface area contributed by atoms with E-state index in [0.717, 1.165) is 41.3 Å². The molecule has 0 bridgehead atoms. The minimum absolute atomic E-state index is 0.124. The van der Waals surface area contributed by atoms with Gasteiger partial charge >= 0.3 is 5.97 Å². The molecular formula is C18H18BrNO3S. The molecule has 6 heteroatoms. The summed E-state index contributed by atoms with van der Waals surface area (Å²) in [5.41, 5.74) is 2.52. The number of benzene rings is 1. The molecule has 126 valence electrons. The van der Waals surface area contributed by atoms with Gasteiger partial charge in [-0.3, -0.25) is 4.79 Å². The van der Waals surface area contributed by atoms with Crippen molar-refractivity contribution in [1.82, 2.24) is 0 Å². The molecule has 0 saturated carbocycles. The number of carbonyl (C=O) groups excluding carboxylic acids is 2. The van der Waals surface area contributed by atoms with Crippen LogP contribution in [0.5, 0.6) is 0 Å². The normalized spacial score (nSPS) is 13.2. The number of amides is 1. The molecule has 24 heavy (non-hydrogen) atoms. The third-order valence-electron chi connectivity index (χ3n) is 4.09. The Morgan fingerprint density at radius 3 is 2.62 bits per heavy atom. The van der Waals surface area contributed by atoms with Crippen LogP contribution in [-0.4, -0.2) is 19.0 Å². The van der Waals surface area contributed by atoms with E-state index in [1.54, 1.807) is 0 Å². The average molecular weight is 408 g/mol. The topological polar surface area (TPSA) is 55.4 Å². The summed E-state index contributed by atoms with van der Waals surface area (Å²) in [5, 5.41) is 3.53. The lowest BCUT2D eigenvalue weighted by atomic mass is 9.95. The smallest absolute Gasteiger partial charge is 0.341 e. The van der Waals surface area contributed by atoms with E-state index in [0.29, 0.717) is 10.6 Å². The molecule has 0 unspecified atom stereocenters. The molecule has 1 aromatic carbocycles. The van der Waals surface area contributed by atoms with Gasteiger partial charge in [0.2, 0.25) is 5.91 Å². The number of anilines is 1. The number of methoxy groups -OCH3 is 1. The van der Waals surface area contributed by atoms with Gasteiger partial charge in [-0.1, -0.05) is 28.1 Å². The van der Waals surface area contributed by atoms with Crippen molar-refractivity contribution in [2.24, 2.45) is 0 Å². The quantitative estimate of drug-likeness (QED) is 0.765. The summed E-state index contributed by atoms with van der Waals surface area (Å²) >= 11 is 4.89. The van der Waals surface area contributed by atoms with Gasteiger partial charge in [-0.05, 0) is 48.9 Å². The number of hydrogen-bond acceptors (Lipinski definition) is 4. The number of fused-ring (bicyclic) bond motifs is 1. The van der Waals surface area contributed by atoms with E-state index in [2.05, 4.69) is 21.2 Å². The number of hydrogen-bond donors (Lipinski definition) is 1. The zero-order valence-corrected chi connectivity index (χ0v) is 15.8. The van der Waals surface area contributed by atoms with E-state index < -0.39 is 0 Å². The Bertz CT molecular complexity index is 767. The van der Waals surface area contributed by atoms with Crippen molar-refractivity contribution in [3.05, 3.63) is 50.3 Å². The fraction of sp³-hybridized carbons (Fsp3) is 0.333. The van der Waals surface area contributed by atoms with Crippen molar-refractivity contribution in [1.29, 1.82) is 0 Å². The maximum atomic E-state index is 12.4. The van der Waals surface area contributed by atoms with E-state index in [9.17, 15) is 9.59 Å². The second-order valence-electron chi connectivity index (χ2n) is 5.76. The van der Waals surface area contributed by atoms with Gasteiger partial charge in [-0.2, -0.15) is 0 Å². The molecule has 0 radical (unpaired) electrons. The van der Waals surface area contributed by atoms with Crippen molar-refractivity contribution in [2.45, 2.75) is 32.1 Å². The summed E-state index contributed by atoms with van der Waals surface area (Å²) in [5.74, 6) is -0.491. The lowest BCUT2D eigenvalue weighted by Crippen LogP contribution is -2.16. The van der Waals surface area contributed by atoms with Gasteiger partial charge in [0.15, 0.2) is 0 Å². The van der Waals surface area contributed by atoms with Crippen molar-refractivity contribution >= 4 is 44.1 Å². The van der Waals surface area contributed by atoms with Crippen LogP contribution in [0, 0.1) is 0 Å². The number of aryl methyl sites for hydroxylation is 1. The minimum Gasteiger partial charge on any atom is -0.465 e. The Morgan fingerprint density at radius 1 is 1.21 bits per heavy atom. The summed E-state index contributed by atoms with van der Waals surface area (Å²) in [7, 11) is 1.38. The van der Waals surface area contributed by atoms with Crippen LogP contribution in [0.15, 0.2) is 28.7 Å². The Morgan fingerprint density at radius 2 is 1.92 bits per heavy atom. The molecule has 0 fully saturated rings. The number of esters is 1. The highest BCUT2D eigenvalue weighted by molar-refractivity contribution is 9.10. The molecule has 2 aromatic rings. The summed E-state index contributed by atoms with van der Waals surface area (Å²) in [6, 6.07) is 7.63. The van der Waals surface area contributed by atoms with Crippen LogP contribution < -0.4 is 5.32 Å². The molecule has 1 heterocycles. The molecule has 1 amide bonds.